The fourth-order valence-electron chi connectivity index (χ4n) is 2.77. The minimum atomic E-state index is -0.412. The van der Waals surface area contributed by atoms with Gasteiger partial charge in [0.2, 0.25) is 11.7 Å². The van der Waals surface area contributed by atoms with Crippen molar-refractivity contribution >= 4 is 23.2 Å². The van der Waals surface area contributed by atoms with Crippen LogP contribution in [0.1, 0.15) is 16.1 Å². The number of nitrogens with zero attached hydrogens (tertiary/aromatic N) is 6. The van der Waals surface area contributed by atoms with Crippen molar-refractivity contribution in [3.8, 4) is 11.4 Å². The molecule has 0 spiro atoms. The molecule has 10 heteroatoms. The van der Waals surface area contributed by atoms with Crippen molar-refractivity contribution in [1.29, 1.82) is 0 Å². The SMILES string of the molecule is Cc1ccc(NC(=O)Cn2nnc(-c3ccccc3NC(=O)c3cnccn3)n2)cc1. The number of amides is 2. The second-order valence-corrected chi connectivity index (χ2v) is 6.65. The van der Waals surface area contributed by atoms with Crippen molar-refractivity contribution in [3.63, 3.8) is 0 Å². The Hall–Kier alpha value is -4.47. The molecule has 31 heavy (non-hydrogen) atoms. The van der Waals surface area contributed by atoms with E-state index in [2.05, 4.69) is 36.0 Å². The number of aromatic nitrogens is 6. The third-order valence-corrected chi connectivity index (χ3v) is 4.29. The summed E-state index contributed by atoms with van der Waals surface area (Å²) in [5.74, 6) is -0.416. The number of benzene rings is 2. The van der Waals surface area contributed by atoms with E-state index in [1.54, 1.807) is 24.3 Å². The first kappa shape index (κ1) is 19.8. The van der Waals surface area contributed by atoms with Crippen LogP contribution >= 0.6 is 0 Å². The van der Waals surface area contributed by atoms with E-state index in [0.29, 0.717) is 16.9 Å². The van der Waals surface area contributed by atoms with Gasteiger partial charge in [-0.05, 0) is 36.4 Å². The van der Waals surface area contributed by atoms with Crippen LogP contribution in [0.5, 0.6) is 0 Å². The summed E-state index contributed by atoms with van der Waals surface area (Å²) < 4.78 is 0. The molecular weight excluding hydrogens is 396 g/mol. The van der Waals surface area contributed by atoms with E-state index in [-0.39, 0.29) is 24.0 Å². The van der Waals surface area contributed by atoms with Gasteiger partial charge in [-0.1, -0.05) is 29.8 Å². The van der Waals surface area contributed by atoms with Crippen LogP contribution in [0.3, 0.4) is 0 Å². The summed E-state index contributed by atoms with van der Waals surface area (Å²) in [5, 5.41) is 17.8. The Kier molecular flexibility index (Phi) is 5.70. The number of aryl methyl sites for hydroxylation is 1. The number of hydrogen-bond acceptors (Lipinski definition) is 7. The van der Waals surface area contributed by atoms with Crippen molar-refractivity contribution < 1.29 is 9.59 Å². The topological polar surface area (TPSA) is 128 Å². The molecule has 0 fully saturated rings. The number of carbonyl (C=O) groups excluding carboxylic acids is 2. The summed E-state index contributed by atoms with van der Waals surface area (Å²) in [4.78, 5) is 33.8. The average Bonchev–Trinajstić information content (AvgIpc) is 3.24. The van der Waals surface area contributed by atoms with Crippen molar-refractivity contribution in [1.82, 2.24) is 30.2 Å². The first-order valence-corrected chi connectivity index (χ1v) is 9.39. The lowest BCUT2D eigenvalue weighted by molar-refractivity contribution is -0.117. The summed E-state index contributed by atoms with van der Waals surface area (Å²) in [6.45, 7) is 1.87. The second-order valence-electron chi connectivity index (χ2n) is 6.65. The van der Waals surface area contributed by atoms with Gasteiger partial charge in [-0.3, -0.25) is 14.6 Å². The van der Waals surface area contributed by atoms with Gasteiger partial charge >= 0.3 is 0 Å². The molecule has 2 amide bonds. The van der Waals surface area contributed by atoms with Gasteiger partial charge in [0.15, 0.2) is 0 Å². The van der Waals surface area contributed by atoms with E-state index in [9.17, 15) is 9.59 Å². The van der Waals surface area contributed by atoms with E-state index < -0.39 is 5.91 Å². The van der Waals surface area contributed by atoms with Gasteiger partial charge in [-0.25, -0.2) is 4.98 Å². The number of nitrogens with one attached hydrogen (secondary N) is 2. The van der Waals surface area contributed by atoms with Crippen LogP contribution < -0.4 is 10.6 Å². The van der Waals surface area contributed by atoms with E-state index in [0.717, 1.165) is 5.56 Å². The first-order valence-electron chi connectivity index (χ1n) is 9.39. The highest BCUT2D eigenvalue weighted by atomic mass is 16.2. The number of carbonyl (C=O) groups is 2. The monoisotopic (exact) mass is 414 g/mol. The van der Waals surface area contributed by atoms with Gasteiger partial charge in [-0.2, -0.15) is 4.80 Å². The highest BCUT2D eigenvalue weighted by molar-refractivity contribution is 6.04. The Morgan fingerprint density at radius 3 is 2.58 bits per heavy atom. The normalized spacial score (nSPS) is 10.5. The molecule has 4 rings (SSSR count). The maximum absolute atomic E-state index is 12.4. The molecule has 0 aliphatic heterocycles. The smallest absolute Gasteiger partial charge is 0.275 e. The molecule has 0 aliphatic rings. The molecule has 10 nitrogen and oxygen atoms in total. The molecule has 2 N–H and O–H groups in total. The largest absolute Gasteiger partial charge is 0.324 e. The molecule has 2 aromatic heterocycles. The maximum atomic E-state index is 12.4. The molecule has 0 bridgehead atoms. The highest BCUT2D eigenvalue weighted by Gasteiger charge is 2.15. The van der Waals surface area contributed by atoms with Gasteiger partial charge in [0.05, 0.1) is 11.9 Å². The molecule has 2 aromatic carbocycles. The molecule has 2 heterocycles. The number of para-hydroxylation sites is 1. The fourth-order valence-corrected chi connectivity index (χ4v) is 2.77. The van der Waals surface area contributed by atoms with Gasteiger partial charge in [0.25, 0.3) is 5.91 Å². The molecule has 4 aromatic rings. The van der Waals surface area contributed by atoms with Crippen LogP contribution in [-0.4, -0.2) is 42.0 Å². The van der Waals surface area contributed by atoms with Crippen LogP contribution in [0.15, 0.2) is 67.1 Å². The third kappa shape index (κ3) is 4.93. The first-order chi connectivity index (χ1) is 15.1. The lowest BCUT2D eigenvalue weighted by Gasteiger charge is -2.08. The number of anilines is 2. The molecule has 0 atom stereocenters. The lowest BCUT2D eigenvalue weighted by Crippen LogP contribution is -2.20. The minimum Gasteiger partial charge on any atom is -0.324 e. The van der Waals surface area contributed by atoms with Crippen molar-refractivity contribution in [2.75, 3.05) is 10.6 Å². The van der Waals surface area contributed by atoms with E-state index >= 15 is 0 Å². The molecule has 0 aliphatic carbocycles. The van der Waals surface area contributed by atoms with Crippen LogP contribution in [0.25, 0.3) is 11.4 Å². The average molecular weight is 414 g/mol. The van der Waals surface area contributed by atoms with Crippen LogP contribution in [-0.2, 0) is 11.3 Å². The zero-order valence-corrected chi connectivity index (χ0v) is 16.6. The zero-order valence-electron chi connectivity index (χ0n) is 16.6. The number of tetrazole rings is 1. The highest BCUT2D eigenvalue weighted by Crippen LogP contribution is 2.24. The summed E-state index contributed by atoms with van der Waals surface area (Å²) in [6, 6.07) is 14.5. The second kappa shape index (κ2) is 8.91. The molecule has 0 saturated carbocycles. The van der Waals surface area contributed by atoms with Gasteiger partial charge in [0.1, 0.15) is 12.2 Å². The summed E-state index contributed by atoms with van der Waals surface area (Å²) in [7, 11) is 0. The predicted molar refractivity (Wildman–Crippen MR) is 113 cm³/mol. The number of rotatable bonds is 6. The Morgan fingerprint density at radius 1 is 1.00 bits per heavy atom. The minimum absolute atomic E-state index is 0.102. The fraction of sp³-hybridized carbons (Fsp3) is 0.0952. The Morgan fingerprint density at radius 2 is 1.81 bits per heavy atom. The van der Waals surface area contributed by atoms with Gasteiger partial charge in [-0.15, -0.1) is 10.2 Å². The van der Waals surface area contributed by atoms with Crippen LogP contribution in [0.2, 0.25) is 0 Å². The Balaban J connectivity index is 1.47. The quantitative estimate of drug-likeness (QED) is 0.495. The summed E-state index contributed by atoms with van der Waals surface area (Å²) in [6.07, 6.45) is 4.30. The van der Waals surface area contributed by atoms with Crippen LogP contribution in [0, 0.1) is 6.92 Å². The van der Waals surface area contributed by atoms with Crippen LogP contribution in [0.4, 0.5) is 11.4 Å². The molecular formula is C21H18N8O2. The summed E-state index contributed by atoms with van der Waals surface area (Å²) >= 11 is 0. The van der Waals surface area contributed by atoms with Crippen molar-refractivity contribution in [2.24, 2.45) is 0 Å². The van der Waals surface area contributed by atoms with Crippen molar-refractivity contribution in [2.45, 2.75) is 13.5 Å². The Labute approximate surface area is 177 Å². The maximum Gasteiger partial charge on any atom is 0.275 e. The van der Waals surface area contributed by atoms with E-state index in [4.69, 9.17) is 0 Å². The third-order valence-electron chi connectivity index (χ3n) is 4.29. The predicted octanol–water partition coefficient (Wildman–Crippen LogP) is 2.33. The zero-order chi connectivity index (χ0) is 21.6. The van der Waals surface area contributed by atoms with Crippen molar-refractivity contribution in [3.05, 3.63) is 78.4 Å². The standard InChI is InChI=1S/C21H18N8O2/c1-14-6-8-15(9-7-14)24-19(30)13-29-27-20(26-28-29)16-4-2-3-5-17(16)25-21(31)18-12-22-10-11-23-18/h2-12H,13H2,1H3,(H,24,30)(H,25,31). The molecule has 0 saturated heterocycles. The van der Waals surface area contributed by atoms with Gasteiger partial charge < -0.3 is 10.6 Å². The van der Waals surface area contributed by atoms with E-state index in [1.807, 2.05) is 31.2 Å². The molecule has 0 unspecified atom stereocenters. The molecule has 0 radical (unpaired) electrons. The lowest BCUT2D eigenvalue weighted by atomic mass is 10.1. The summed E-state index contributed by atoms with van der Waals surface area (Å²) in [5.41, 5.74) is 3.02. The van der Waals surface area contributed by atoms with Gasteiger partial charge in [0, 0.05) is 23.6 Å². The Bertz CT molecular complexity index is 1210. The number of hydrogen-bond donors (Lipinski definition) is 2. The van der Waals surface area contributed by atoms with E-state index in [1.165, 1.54) is 23.4 Å². The molecule has 154 valence electrons.